The van der Waals surface area contributed by atoms with Gasteiger partial charge in [0, 0.05) is 28.9 Å². The molecule has 0 aliphatic heterocycles. The van der Waals surface area contributed by atoms with Gasteiger partial charge in [0.25, 0.3) is 0 Å². The maximum atomic E-state index is 10.7. The molecule has 0 aromatic rings. The fourth-order valence-corrected chi connectivity index (χ4v) is 2.29. The highest BCUT2D eigenvalue weighted by Crippen LogP contribution is 2.18. The molecule has 1 aliphatic rings. The van der Waals surface area contributed by atoms with E-state index in [0.717, 1.165) is 38.0 Å². The number of hydrogen-bond donors (Lipinski definition) is 2. The Bertz CT molecular complexity index is 175. The first-order valence-corrected chi connectivity index (χ1v) is 6.64. The van der Waals surface area contributed by atoms with Crippen LogP contribution in [-0.2, 0) is 10.8 Å². The lowest BCUT2D eigenvalue weighted by Gasteiger charge is -2.15. The highest BCUT2D eigenvalue weighted by Gasteiger charge is 2.23. The van der Waals surface area contributed by atoms with Crippen LogP contribution in [0, 0.1) is 0 Å². The van der Waals surface area contributed by atoms with Crippen LogP contribution in [0.4, 0.5) is 0 Å². The van der Waals surface area contributed by atoms with Gasteiger partial charge in [0.1, 0.15) is 0 Å². The van der Waals surface area contributed by atoms with Crippen molar-refractivity contribution in [1.29, 1.82) is 0 Å². The number of hydrogen-bond acceptors (Lipinski definition) is 3. The lowest BCUT2D eigenvalue weighted by molar-refractivity contribution is 0.149. The molecular formula is C9H19NO2S. The minimum atomic E-state index is -0.680. The summed E-state index contributed by atoms with van der Waals surface area (Å²) in [7, 11) is -0.680. The summed E-state index contributed by atoms with van der Waals surface area (Å²) in [5.74, 6) is 0.760. The SMILES string of the molecule is CS(=O)CCCN[C@@H]1CCC[C@H]1O. The summed E-state index contributed by atoms with van der Waals surface area (Å²) in [6.07, 6.45) is 5.63. The Morgan fingerprint density at radius 2 is 2.31 bits per heavy atom. The van der Waals surface area contributed by atoms with Crippen LogP contribution in [0.5, 0.6) is 0 Å². The molecule has 0 bridgehead atoms. The molecule has 78 valence electrons. The third kappa shape index (κ3) is 4.20. The van der Waals surface area contributed by atoms with Crippen LogP contribution in [-0.4, -0.2) is 40.0 Å². The Labute approximate surface area is 82.4 Å². The lowest BCUT2D eigenvalue weighted by Crippen LogP contribution is -2.36. The van der Waals surface area contributed by atoms with E-state index in [9.17, 15) is 9.32 Å². The van der Waals surface area contributed by atoms with E-state index >= 15 is 0 Å². The summed E-state index contributed by atoms with van der Waals surface area (Å²) >= 11 is 0. The molecule has 1 rings (SSSR count). The Hall–Kier alpha value is 0.0700. The van der Waals surface area contributed by atoms with Crippen LogP contribution in [0.15, 0.2) is 0 Å². The second-order valence-corrected chi connectivity index (χ2v) is 5.24. The molecule has 1 fully saturated rings. The number of rotatable bonds is 5. The molecule has 2 N–H and O–H groups in total. The van der Waals surface area contributed by atoms with Crippen LogP contribution < -0.4 is 5.32 Å². The van der Waals surface area contributed by atoms with Crippen LogP contribution >= 0.6 is 0 Å². The Kier molecular flexibility index (Phi) is 4.91. The van der Waals surface area contributed by atoms with E-state index in [-0.39, 0.29) is 12.1 Å². The van der Waals surface area contributed by atoms with Gasteiger partial charge >= 0.3 is 0 Å². The topological polar surface area (TPSA) is 49.3 Å². The van der Waals surface area contributed by atoms with E-state index < -0.39 is 10.8 Å². The zero-order valence-electron chi connectivity index (χ0n) is 8.16. The second kappa shape index (κ2) is 5.73. The predicted molar refractivity (Wildman–Crippen MR) is 55.2 cm³/mol. The van der Waals surface area contributed by atoms with Gasteiger partial charge in [0.2, 0.25) is 0 Å². The smallest absolute Gasteiger partial charge is 0.0693 e. The van der Waals surface area contributed by atoms with Gasteiger partial charge in [-0.15, -0.1) is 0 Å². The Morgan fingerprint density at radius 3 is 2.85 bits per heavy atom. The normalized spacial score (nSPS) is 30.6. The molecule has 1 saturated carbocycles. The molecule has 0 aromatic carbocycles. The molecular weight excluding hydrogens is 186 g/mol. The van der Waals surface area contributed by atoms with E-state index in [1.54, 1.807) is 6.26 Å². The molecule has 3 atom stereocenters. The second-order valence-electron chi connectivity index (χ2n) is 3.69. The van der Waals surface area contributed by atoms with E-state index in [4.69, 9.17) is 0 Å². The van der Waals surface area contributed by atoms with Crippen molar-refractivity contribution >= 4 is 10.8 Å². The summed E-state index contributed by atoms with van der Waals surface area (Å²) in [5.41, 5.74) is 0. The van der Waals surface area contributed by atoms with Crippen LogP contribution in [0.3, 0.4) is 0 Å². The van der Waals surface area contributed by atoms with Gasteiger partial charge in [-0.25, -0.2) is 0 Å². The quantitative estimate of drug-likeness (QED) is 0.633. The van der Waals surface area contributed by atoms with Gasteiger partial charge < -0.3 is 10.4 Å². The lowest BCUT2D eigenvalue weighted by atomic mass is 10.2. The monoisotopic (exact) mass is 205 g/mol. The van der Waals surface area contributed by atoms with Crippen molar-refractivity contribution in [3.8, 4) is 0 Å². The fraction of sp³-hybridized carbons (Fsp3) is 1.00. The van der Waals surface area contributed by atoms with Crippen molar-refractivity contribution in [3.63, 3.8) is 0 Å². The van der Waals surface area contributed by atoms with Crippen LogP contribution in [0.25, 0.3) is 0 Å². The molecule has 0 radical (unpaired) electrons. The zero-order chi connectivity index (χ0) is 9.68. The van der Waals surface area contributed by atoms with Crippen molar-refractivity contribution in [2.75, 3.05) is 18.6 Å². The van der Waals surface area contributed by atoms with Gasteiger partial charge in [-0.2, -0.15) is 0 Å². The predicted octanol–water partition coefficient (Wildman–Crippen LogP) is 0.258. The first kappa shape index (κ1) is 11.1. The molecule has 0 amide bonds. The first-order chi connectivity index (χ1) is 6.20. The maximum Gasteiger partial charge on any atom is 0.0693 e. The highest BCUT2D eigenvalue weighted by atomic mass is 32.2. The van der Waals surface area contributed by atoms with Crippen molar-refractivity contribution in [1.82, 2.24) is 5.32 Å². The number of nitrogens with one attached hydrogen (secondary N) is 1. The summed E-state index contributed by atoms with van der Waals surface area (Å²) in [5, 5.41) is 12.8. The third-order valence-corrected chi connectivity index (χ3v) is 3.36. The van der Waals surface area contributed by atoms with Crippen LogP contribution in [0.2, 0.25) is 0 Å². The maximum absolute atomic E-state index is 10.7. The van der Waals surface area contributed by atoms with Gasteiger partial charge in [0.05, 0.1) is 6.10 Å². The van der Waals surface area contributed by atoms with E-state index in [1.807, 2.05) is 0 Å². The molecule has 1 aliphatic carbocycles. The molecule has 0 spiro atoms. The zero-order valence-corrected chi connectivity index (χ0v) is 8.98. The minimum Gasteiger partial charge on any atom is -0.392 e. The first-order valence-electron chi connectivity index (χ1n) is 4.91. The molecule has 4 heteroatoms. The van der Waals surface area contributed by atoms with Gasteiger partial charge in [-0.1, -0.05) is 0 Å². The molecule has 3 nitrogen and oxygen atoms in total. The third-order valence-electron chi connectivity index (χ3n) is 2.49. The standard InChI is InChI=1S/C9H19NO2S/c1-13(12)7-3-6-10-8-4-2-5-9(8)11/h8-11H,2-7H2,1H3/t8-,9-,13?/m1/s1. The van der Waals surface area contributed by atoms with Crippen LogP contribution in [0.1, 0.15) is 25.7 Å². The molecule has 0 heterocycles. The van der Waals surface area contributed by atoms with Crippen molar-refractivity contribution in [2.45, 2.75) is 37.8 Å². The summed E-state index contributed by atoms with van der Waals surface area (Å²) < 4.78 is 10.7. The summed E-state index contributed by atoms with van der Waals surface area (Å²) in [4.78, 5) is 0. The largest absolute Gasteiger partial charge is 0.392 e. The van der Waals surface area contributed by atoms with E-state index in [1.165, 1.54) is 0 Å². The molecule has 13 heavy (non-hydrogen) atoms. The summed E-state index contributed by atoms with van der Waals surface area (Å²) in [6.45, 7) is 0.876. The fourth-order valence-electron chi connectivity index (χ4n) is 1.74. The number of aliphatic hydroxyl groups excluding tert-OH is 1. The van der Waals surface area contributed by atoms with Gasteiger partial charge in [0.15, 0.2) is 0 Å². The minimum absolute atomic E-state index is 0.160. The molecule has 0 aromatic heterocycles. The van der Waals surface area contributed by atoms with E-state index in [0.29, 0.717) is 0 Å². The van der Waals surface area contributed by atoms with E-state index in [2.05, 4.69) is 5.32 Å². The summed E-state index contributed by atoms with van der Waals surface area (Å²) in [6, 6.07) is 0.283. The highest BCUT2D eigenvalue weighted by molar-refractivity contribution is 7.84. The van der Waals surface area contributed by atoms with Crippen molar-refractivity contribution in [3.05, 3.63) is 0 Å². The number of aliphatic hydroxyl groups is 1. The van der Waals surface area contributed by atoms with Gasteiger partial charge in [-0.05, 0) is 32.2 Å². The molecule has 0 saturated heterocycles. The Morgan fingerprint density at radius 1 is 1.54 bits per heavy atom. The van der Waals surface area contributed by atoms with Crippen molar-refractivity contribution < 1.29 is 9.32 Å². The molecule has 1 unspecified atom stereocenters. The average molecular weight is 205 g/mol. The van der Waals surface area contributed by atoms with Crippen molar-refractivity contribution in [2.24, 2.45) is 0 Å². The Balaban J connectivity index is 2.02. The van der Waals surface area contributed by atoms with Gasteiger partial charge in [-0.3, -0.25) is 4.21 Å². The average Bonchev–Trinajstić information content (AvgIpc) is 2.45.